The first-order valence-corrected chi connectivity index (χ1v) is 5.75. The van der Waals surface area contributed by atoms with E-state index in [4.69, 9.17) is 11.6 Å². The second kappa shape index (κ2) is 4.71. The van der Waals surface area contributed by atoms with E-state index in [9.17, 15) is 0 Å². The molecule has 0 saturated carbocycles. The van der Waals surface area contributed by atoms with Crippen LogP contribution in [0, 0.1) is 0 Å². The molecule has 1 aromatic rings. The van der Waals surface area contributed by atoms with Gasteiger partial charge in [0.05, 0.1) is 16.4 Å². The first-order chi connectivity index (χ1) is 7.66. The average Bonchev–Trinajstić information content (AvgIpc) is 2.65. The Balaban J connectivity index is 2.20. The van der Waals surface area contributed by atoms with Crippen molar-refractivity contribution in [3.63, 3.8) is 0 Å². The summed E-state index contributed by atoms with van der Waals surface area (Å²) in [6, 6.07) is 8.16. The lowest BCUT2D eigenvalue weighted by Crippen LogP contribution is -2.07. The Morgan fingerprint density at radius 1 is 1.19 bits per heavy atom. The van der Waals surface area contributed by atoms with Crippen LogP contribution in [0.1, 0.15) is 12.8 Å². The Morgan fingerprint density at radius 3 is 2.38 bits per heavy atom. The molecule has 0 bridgehead atoms. The maximum Gasteiger partial charge on any atom is 0.0635 e. The summed E-state index contributed by atoms with van der Waals surface area (Å²) in [5, 5.41) is 0.802. The molecule has 0 saturated heterocycles. The minimum Gasteiger partial charge on any atom is -0.378 e. The second-order valence-electron chi connectivity index (χ2n) is 4.06. The minimum absolute atomic E-state index is 0.802. The van der Waals surface area contributed by atoms with Gasteiger partial charge in [0, 0.05) is 19.8 Å². The standard InChI is InChI=1S/C13H15ClN2/c1-16(2)11-8-6-10(7-9-11)15-13-5-3-4-12(13)14/h4,6-9H,3,5H2,1-2H3. The summed E-state index contributed by atoms with van der Waals surface area (Å²) >= 11 is 6.03. The number of hydrogen-bond acceptors (Lipinski definition) is 2. The van der Waals surface area contributed by atoms with Crippen LogP contribution >= 0.6 is 11.6 Å². The first-order valence-electron chi connectivity index (χ1n) is 5.38. The van der Waals surface area contributed by atoms with E-state index < -0.39 is 0 Å². The highest BCUT2D eigenvalue weighted by Gasteiger charge is 2.10. The van der Waals surface area contributed by atoms with Crippen molar-refractivity contribution in [3.8, 4) is 0 Å². The van der Waals surface area contributed by atoms with Gasteiger partial charge < -0.3 is 4.90 Å². The predicted molar refractivity (Wildman–Crippen MR) is 71.0 cm³/mol. The van der Waals surface area contributed by atoms with E-state index in [-0.39, 0.29) is 0 Å². The zero-order valence-corrected chi connectivity index (χ0v) is 10.3. The number of aliphatic imine (C=N–C) groups is 1. The number of halogens is 1. The quantitative estimate of drug-likeness (QED) is 0.761. The van der Waals surface area contributed by atoms with Gasteiger partial charge in [-0.25, -0.2) is 0 Å². The van der Waals surface area contributed by atoms with E-state index in [2.05, 4.69) is 22.0 Å². The van der Waals surface area contributed by atoms with Crippen molar-refractivity contribution in [2.24, 2.45) is 4.99 Å². The normalized spacial score (nSPS) is 17.7. The summed E-state index contributed by atoms with van der Waals surface area (Å²) in [6.07, 6.45) is 3.98. The topological polar surface area (TPSA) is 15.6 Å². The highest BCUT2D eigenvalue weighted by atomic mass is 35.5. The van der Waals surface area contributed by atoms with E-state index in [1.807, 2.05) is 32.3 Å². The molecule has 0 aromatic heterocycles. The van der Waals surface area contributed by atoms with Crippen molar-refractivity contribution in [1.29, 1.82) is 0 Å². The molecule has 1 aliphatic rings. The molecule has 0 atom stereocenters. The molecule has 0 heterocycles. The summed E-state index contributed by atoms with van der Waals surface area (Å²) in [4.78, 5) is 6.61. The molecule has 0 radical (unpaired) electrons. The molecule has 3 heteroatoms. The maximum atomic E-state index is 6.03. The zero-order chi connectivity index (χ0) is 11.5. The summed E-state index contributed by atoms with van der Waals surface area (Å²) in [7, 11) is 4.05. The molecular formula is C13H15ClN2. The summed E-state index contributed by atoms with van der Waals surface area (Å²) < 4.78 is 0. The van der Waals surface area contributed by atoms with Crippen LogP contribution in [-0.2, 0) is 0 Å². The number of nitrogens with zero attached hydrogens (tertiary/aromatic N) is 2. The molecule has 2 nitrogen and oxygen atoms in total. The number of hydrogen-bond donors (Lipinski definition) is 0. The van der Waals surface area contributed by atoms with Crippen LogP contribution in [0.2, 0.25) is 0 Å². The van der Waals surface area contributed by atoms with Crippen molar-refractivity contribution in [2.75, 3.05) is 19.0 Å². The van der Waals surface area contributed by atoms with Gasteiger partial charge in [-0.3, -0.25) is 4.99 Å². The molecular weight excluding hydrogens is 220 g/mol. The van der Waals surface area contributed by atoms with Gasteiger partial charge in [-0.1, -0.05) is 17.7 Å². The van der Waals surface area contributed by atoms with Crippen LogP contribution in [0.15, 0.2) is 40.4 Å². The lowest BCUT2D eigenvalue weighted by atomic mass is 10.2. The first kappa shape index (κ1) is 11.2. The Hall–Kier alpha value is -1.28. The van der Waals surface area contributed by atoms with Crippen molar-refractivity contribution in [3.05, 3.63) is 35.4 Å². The van der Waals surface area contributed by atoms with Crippen LogP contribution in [-0.4, -0.2) is 19.8 Å². The summed E-state index contributed by atoms with van der Waals surface area (Å²) in [5.41, 5.74) is 3.14. The van der Waals surface area contributed by atoms with Gasteiger partial charge in [0.25, 0.3) is 0 Å². The smallest absolute Gasteiger partial charge is 0.0635 e. The molecule has 0 amide bonds. The van der Waals surface area contributed by atoms with Gasteiger partial charge in [0.1, 0.15) is 0 Å². The van der Waals surface area contributed by atoms with Gasteiger partial charge in [-0.05, 0) is 37.1 Å². The third-order valence-electron chi connectivity index (χ3n) is 2.61. The molecule has 16 heavy (non-hydrogen) atoms. The second-order valence-corrected chi connectivity index (χ2v) is 4.47. The Bertz CT molecular complexity index is 430. The highest BCUT2D eigenvalue weighted by Crippen LogP contribution is 2.24. The largest absolute Gasteiger partial charge is 0.378 e. The van der Waals surface area contributed by atoms with Crippen LogP contribution in [0.3, 0.4) is 0 Å². The van der Waals surface area contributed by atoms with Crippen LogP contribution < -0.4 is 4.90 Å². The molecule has 0 N–H and O–H groups in total. The van der Waals surface area contributed by atoms with Gasteiger partial charge >= 0.3 is 0 Å². The van der Waals surface area contributed by atoms with Gasteiger partial charge in [-0.15, -0.1) is 0 Å². The predicted octanol–water partition coefficient (Wildman–Crippen LogP) is 3.74. The van der Waals surface area contributed by atoms with Gasteiger partial charge in [0.15, 0.2) is 0 Å². The number of benzene rings is 1. The Kier molecular flexibility index (Phi) is 3.30. The fourth-order valence-electron chi connectivity index (χ4n) is 1.66. The maximum absolute atomic E-state index is 6.03. The van der Waals surface area contributed by atoms with E-state index in [0.29, 0.717) is 0 Å². The van der Waals surface area contributed by atoms with E-state index in [1.165, 1.54) is 5.69 Å². The average molecular weight is 235 g/mol. The molecule has 0 spiro atoms. The van der Waals surface area contributed by atoms with Gasteiger partial charge in [0.2, 0.25) is 0 Å². The van der Waals surface area contributed by atoms with Crippen LogP contribution in [0.5, 0.6) is 0 Å². The molecule has 0 fully saturated rings. The third kappa shape index (κ3) is 2.45. The van der Waals surface area contributed by atoms with Crippen LogP contribution in [0.4, 0.5) is 11.4 Å². The SMILES string of the molecule is CN(C)c1ccc(N=C2CCC=C2Cl)cc1. The van der Waals surface area contributed by atoms with Crippen LogP contribution in [0.25, 0.3) is 0 Å². The Morgan fingerprint density at radius 2 is 1.88 bits per heavy atom. The molecule has 2 rings (SSSR count). The third-order valence-corrected chi connectivity index (χ3v) is 2.98. The monoisotopic (exact) mass is 234 g/mol. The molecule has 1 aliphatic carbocycles. The molecule has 84 valence electrons. The summed E-state index contributed by atoms with van der Waals surface area (Å²) in [6.45, 7) is 0. The van der Waals surface area contributed by atoms with Gasteiger partial charge in [-0.2, -0.15) is 0 Å². The molecule has 0 unspecified atom stereocenters. The number of allylic oxidation sites excluding steroid dienone is 2. The number of anilines is 1. The summed E-state index contributed by atoms with van der Waals surface area (Å²) in [5.74, 6) is 0. The Labute approximate surface area is 101 Å². The van der Waals surface area contributed by atoms with E-state index in [1.54, 1.807) is 0 Å². The fraction of sp³-hybridized carbons (Fsp3) is 0.308. The molecule has 1 aromatic carbocycles. The van der Waals surface area contributed by atoms with Crippen molar-refractivity contribution < 1.29 is 0 Å². The molecule has 0 aliphatic heterocycles. The lowest BCUT2D eigenvalue weighted by Gasteiger charge is -2.11. The number of rotatable bonds is 2. The fourth-order valence-corrected chi connectivity index (χ4v) is 1.91. The van der Waals surface area contributed by atoms with E-state index in [0.717, 1.165) is 29.3 Å². The van der Waals surface area contributed by atoms with Crippen molar-refractivity contribution in [1.82, 2.24) is 0 Å². The highest BCUT2D eigenvalue weighted by molar-refractivity contribution is 6.44. The van der Waals surface area contributed by atoms with Crippen molar-refractivity contribution >= 4 is 28.7 Å². The minimum atomic E-state index is 0.802. The lowest BCUT2D eigenvalue weighted by molar-refractivity contribution is 1.13. The van der Waals surface area contributed by atoms with E-state index >= 15 is 0 Å². The van der Waals surface area contributed by atoms with Crippen molar-refractivity contribution in [2.45, 2.75) is 12.8 Å². The zero-order valence-electron chi connectivity index (χ0n) is 9.57.